The summed E-state index contributed by atoms with van der Waals surface area (Å²) in [4.78, 5) is 28.5. The van der Waals surface area contributed by atoms with Crippen LogP contribution in [0.3, 0.4) is 0 Å². The molecule has 0 aliphatic heterocycles. The number of rotatable bonds is 5. The highest BCUT2D eigenvalue weighted by Crippen LogP contribution is 2.13. The summed E-state index contributed by atoms with van der Waals surface area (Å²) in [5, 5.41) is 1.83. The highest BCUT2D eigenvalue weighted by atomic mass is 32.1. The summed E-state index contributed by atoms with van der Waals surface area (Å²) in [5.74, 6) is -0.634. The highest BCUT2D eigenvalue weighted by molar-refractivity contribution is 7.15. The number of halogens is 1. The van der Waals surface area contributed by atoms with Crippen molar-refractivity contribution in [2.24, 2.45) is 0 Å². The van der Waals surface area contributed by atoms with Crippen molar-refractivity contribution in [3.63, 3.8) is 0 Å². The first kappa shape index (κ1) is 16.1. The first-order valence-electron chi connectivity index (χ1n) is 7.04. The Hall–Kier alpha value is -2.74. The fourth-order valence-corrected chi connectivity index (χ4v) is 2.93. The molecule has 0 unspecified atom stereocenters. The molecule has 1 aromatic carbocycles. The maximum atomic E-state index is 12.8. The lowest BCUT2D eigenvalue weighted by molar-refractivity contribution is -0.147. The molecule has 3 rings (SSSR count). The molecule has 6 nitrogen and oxygen atoms in total. The normalized spacial score (nSPS) is 10.8. The Morgan fingerprint density at radius 3 is 2.83 bits per heavy atom. The maximum absolute atomic E-state index is 12.8. The monoisotopic (exact) mass is 348 g/mol. The van der Waals surface area contributed by atoms with Crippen LogP contribution in [0.25, 0.3) is 4.96 Å². The van der Waals surface area contributed by atoms with Crippen LogP contribution >= 0.6 is 11.3 Å². The molecule has 0 spiro atoms. The molecule has 0 bridgehead atoms. The van der Waals surface area contributed by atoms with Gasteiger partial charge in [-0.3, -0.25) is 9.20 Å². The Morgan fingerprint density at radius 1 is 1.33 bits per heavy atom. The van der Waals surface area contributed by atoms with E-state index >= 15 is 0 Å². The number of fused-ring (bicyclic) bond motifs is 1. The molecule has 0 atom stereocenters. The van der Waals surface area contributed by atoms with Gasteiger partial charge < -0.3 is 9.47 Å². The second kappa shape index (κ2) is 6.79. The molecular weight excluding hydrogens is 335 g/mol. The summed E-state index contributed by atoms with van der Waals surface area (Å²) in [5.41, 5.74) is 0.966. The van der Waals surface area contributed by atoms with Gasteiger partial charge in [0.1, 0.15) is 18.2 Å². The predicted octanol–water partition coefficient (Wildman–Crippen LogP) is 2.33. The number of ether oxygens (including phenoxy) is 2. The number of hydrogen-bond donors (Lipinski definition) is 0. The lowest BCUT2D eigenvalue weighted by atomic mass is 10.3. The third-order valence-electron chi connectivity index (χ3n) is 3.18. The van der Waals surface area contributed by atoms with Crippen molar-refractivity contribution in [1.82, 2.24) is 9.38 Å². The van der Waals surface area contributed by atoms with Crippen molar-refractivity contribution in [1.29, 1.82) is 0 Å². The maximum Gasteiger partial charge on any atom is 0.344 e. The van der Waals surface area contributed by atoms with Crippen molar-refractivity contribution >= 4 is 22.3 Å². The van der Waals surface area contributed by atoms with E-state index in [-0.39, 0.29) is 24.6 Å². The second-order valence-electron chi connectivity index (χ2n) is 4.98. The number of benzene rings is 1. The average molecular weight is 348 g/mol. The third-order valence-corrected chi connectivity index (χ3v) is 4.12. The molecule has 24 heavy (non-hydrogen) atoms. The van der Waals surface area contributed by atoms with Crippen LogP contribution in [0.5, 0.6) is 5.75 Å². The molecule has 8 heteroatoms. The quantitative estimate of drug-likeness (QED) is 0.662. The predicted molar refractivity (Wildman–Crippen MR) is 85.8 cm³/mol. The van der Waals surface area contributed by atoms with E-state index in [2.05, 4.69) is 4.98 Å². The average Bonchev–Trinajstić information content (AvgIpc) is 2.94. The van der Waals surface area contributed by atoms with Gasteiger partial charge in [-0.25, -0.2) is 14.2 Å². The highest BCUT2D eigenvalue weighted by Gasteiger charge is 2.09. The number of aromatic nitrogens is 2. The van der Waals surface area contributed by atoms with E-state index < -0.39 is 5.97 Å². The summed E-state index contributed by atoms with van der Waals surface area (Å²) < 4.78 is 24.5. The van der Waals surface area contributed by atoms with Crippen LogP contribution < -0.4 is 10.3 Å². The number of carbonyl (C=O) groups excluding carboxylic acids is 1. The number of hydrogen-bond acceptors (Lipinski definition) is 6. The molecule has 0 saturated heterocycles. The van der Waals surface area contributed by atoms with Crippen molar-refractivity contribution in [3.8, 4) is 5.75 Å². The molecule has 0 radical (unpaired) electrons. The molecule has 2 aromatic heterocycles. The molecule has 2 heterocycles. The Balaban J connectivity index is 1.58. The lowest BCUT2D eigenvalue weighted by Crippen LogP contribution is -2.18. The molecule has 124 valence electrons. The van der Waals surface area contributed by atoms with Crippen molar-refractivity contribution in [2.75, 3.05) is 6.61 Å². The number of aryl methyl sites for hydroxylation is 1. The third kappa shape index (κ3) is 3.60. The largest absolute Gasteiger partial charge is 0.482 e. The van der Waals surface area contributed by atoms with Crippen molar-refractivity contribution in [2.45, 2.75) is 13.5 Å². The van der Waals surface area contributed by atoms with Crippen LogP contribution in [-0.4, -0.2) is 22.0 Å². The topological polar surface area (TPSA) is 69.9 Å². The number of carbonyl (C=O) groups is 1. The van der Waals surface area contributed by atoms with E-state index in [9.17, 15) is 14.0 Å². The van der Waals surface area contributed by atoms with Crippen LogP contribution in [0.15, 0.2) is 40.5 Å². The van der Waals surface area contributed by atoms with Gasteiger partial charge in [-0.1, -0.05) is 0 Å². The Morgan fingerprint density at radius 2 is 2.08 bits per heavy atom. The first-order valence-corrected chi connectivity index (χ1v) is 7.91. The summed E-state index contributed by atoms with van der Waals surface area (Å²) in [6.45, 7) is 1.39. The molecule has 0 fully saturated rings. The van der Waals surface area contributed by atoms with Gasteiger partial charge in [0.15, 0.2) is 11.6 Å². The lowest BCUT2D eigenvalue weighted by Gasteiger charge is -2.07. The standard InChI is InChI=1S/C16H13FN2O4S/c1-10-9-24-16-18-12(6-14(20)19(10)16)7-23-15(21)8-22-13-4-2-11(17)3-5-13/h2-6,9H,7-8H2,1H3. The van der Waals surface area contributed by atoms with E-state index in [4.69, 9.17) is 9.47 Å². The zero-order chi connectivity index (χ0) is 17.1. The zero-order valence-corrected chi connectivity index (χ0v) is 13.5. The first-order chi connectivity index (χ1) is 11.5. The van der Waals surface area contributed by atoms with E-state index in [0.717, 1.165) is 5.69 Å². The fraction of sp³-hybridized carbons (Fsp3) is 0.188. The number of esters is 1. The molecule has 0 N–H and O–H groups in total. The van der Waals surface area contributed by atoms with Crippen LogP contribution in [-0.2, 0) is 16.1 Å². The van der Waals surface area contributed by atoms with Gasteiger partial charge in [0.05, 0.1) is 5.69 Å². The molecular formula is C16H13FN2O4S. The molecule has 0 saturated carbocycles. The Kier molecular flexibility index (Phi) is 4.57. The Labute approximate surface area is 140 Å². The minimum Gasteiger partial charge on any atom is -0.482 e. The smallest absolute Gasteiger partial charge is 0.344 e. The minimum absolute atomic E-state index is 0.117. The molecule has 3 aromatic rings. The molecule has 0 amide bonds. The summed E-state index contributed by atoms with van der Waals surface area (Å²) >= 11 is 1.34. The van der Waals surface area contributed by atoms with Crippen molar-refractivity contribution in [3.05, 3.63) is 63.3 Å². The second-order valence-corrected chi connectivity index (χ2v) is 5.82. The Bertz CT molecular complexity index is 933. The van der Waals surface area contributed by atoms with E-state index in [0.29, 0.717) is 16.4 Å². The number of thiazole rings is 1. The van der Waals surface area contributed by atoms with Crippen LogP contribution in [0.2, 0.25) is 0 Å². The number of nitrogens with zero attached hydrogens (tertiary/aromatic N) is 2. The van der Waals surface area contributed by atoms with Gasteiger partial charge in [0, 0.05) is 17.1 Å². The van der Waals surface area contributed by atoms with Gasteiger partial charge in [-0.15, -0.1) is 11.3 Å². The van der Waals surface area contributed by atoms with Gasteiger partial charge >= 0.3 is 5.97 Å². The van der Waals surface area contributed by atoms with Gasteiger partial charge in [-0.2, -0.15) is 0 Å². The van der Waals surface area contributed by atoms with E-state index in [1.54, 1.807) is 0 Å². The van der Waals surface area contributed by atoms with E-state index in [1.807, 2.05) is 12.3 Å². The summed E-state index contributed by atoms with van der Waals surface area (Å²) in [6, 6.07) is 6.63. The van der Waals surface area contributed by atoms with Crippen molar-refractivity contribution < 1.29 is 18.7 Å². The summed E-state index contributed by atoms with van der Waals surface area (Å²) in [6.07, 6.45) is 0. The SMILES string of the molecule is Cc1csc2nc(COC(=O)COc3ccc(F)cc3)cc(=O)n12. The van der Waals surface area contributed by atoms with Crippen LogP contribution in [0.1, 0.15) is 11.4 Å². The molecule has 0 aliphatic carbocycles. The summed E-state index contributed by atoms with van der Waals surface area (Å²) in [7, 11) is 0. The fourth-order valence-electron chi connectivity index (χ4n) is 2.04. The van der Waals surface area contributed by atoms with Crippen LogP contribution in [0.4, 0.5) is 4.39 Å². The molecule has 0 aliphatic rings. The van der Waals surface area contributed by atoms with Gasteiger partial charge in [0.2, 0.25) is 0 Å². The van der Waals surface area contributed by atoms with Crippen LogP contribution in [0, 0.1) is 12.7 Å². The minimum atomic E-state index is -0.608. The van der Waals surface area contributed by atoms with Gasteiger partial charge in [0.25, 0.3) is 5.56 Å². The van der Waals surface area contributed by atoms with E-state index in [1.165, 1.54) is 46.1 Å². The zero-order valence-electron chi connectivity index (χ0n) is 12.7. The van der Waals surface area contributed by atoms with Gasteiger partial charge in [-0.05, 0) is 31.2 Å².